The van der Waals surface area contributed by atoms with E-state index in [4.69, 9.17) is 15.0 Å². The van der Waals surface area contributed by atoms with Gasteiger partial charge in [0, 0.05) is 0 Å². The number of rotatable bonds is 5. The molecule has 136 valence electrons. The molecule has 1 aliphatic carbocycles. The van der Waals surface area contributed by atoms with E-state index >= 15 is 0 Å². The van der Waals surface area contributed by atoms with Gasteiger partial charge >= 0.3 is 0 Å². The Balaban J connectivity index is 0.00000196. The van der Waals surface area contributed by atoms with Gasteiger partial charge < -0.3 is 15.0 Å². The molecule has 0 aliphatic heterocycles. The fraction of sp³-hybridized carbons (Fsp3) is 0.300. The van der Waals surface area contributed by atoms with E-state index in [-0.39, 0.29) is 12.4 Å². The summed E-state index contributed by atoms with van der Waals surface area (Å²) in [5, 5.41) is 4.09. The first kappa shape index (κ1) is 18.4. The van der Waals surface area contributed by atoms with E-state index in [2.05, 4.69) is 29.2 Å². The van der Waals surface area contributed by atoms with Gasteiger partial charge in [0.1, 0.15) is 12.4 Å². The van der Waals surface area contributed by atoms with Crippen LogP contribution in [0.2, 0.25) is 0 Å². The molecule has 6 heteroatoms. The van der Waals surface area contributed by atoms with E-state index in [1.807, 2.05) is 36.4 Å². The van der Waals surface area contributed by atoms with E-state index in [0.29, 0.717) is 18.3 Å². The van der Waals surface area contributed by atoms with Gasteiger partial charge in [0.25, 0.3) is 5.89 Å². The number of aryl methyl sites for hydroxylation is 1. The monoisotopic (exact) mass is 371 g/mol. The Kier molecular flexibility index (Phi) is 5.30. The number of benzene rings is 2. The van der Waals surface area contributed by atoms with Crippen LogP contribution in [0.15, 0.2) is 53.1 Å². The summed E-state index contributed by atoms with van der Waals surface area (Å²) in [6, 6.07) is 15.9. The highest BCUT2D eigenvalue weighted by atomic mass is 35.5. The number of hydrogen-bond donors (Lipinski definition) is 1. The largest absolute Gasteiger partial charge is 0.488 e. The van der Waals surface area contributed by atoms with Crippen LogP contribution in [-0.4, -0.2) is 10.1 Å². The number of para-hydroxylation sites is 1. The van der Waals surface area contributed by atoms with Crippen LogP contribution in [-0.2, 0) is 12.1 Å². The Morgan fingerprint density at radius 2 is 1.85 bits per heavy atom. The van der Waals surface area contributed by atoms with Crippen LogP contribution < -0.4 is 10.5 Å². The highest BCUT2D eigenvalue weighted by Crippen LogP contribution is 2.38. The zero-order valence-electron chi connectivity index (χ0n) is 14.6. The van der Waals surface area contributed by atoms with Crippen molar-refractivity contribution in [3.63, 3.8) is 0 Å². The molecule has 26 heavy (non-hydrogen) atoms. The molecule has 5 nitrogen and oxygen atoms in total. The molecule has 0 spiro atoms. The quantitative estimate of drug-likeness (QED) is 0.720. The molecule has 2 aromatic carbocycles. The molecule has 0 atom stereocenters. The van der Waals surface area contributed by atoms with Crippen molar-refractivity contribution >= 4 is 12.4 Å². The molecule has 2 N–H and O–H groups in total. The van der Waals surface area contributed by atoms with E-state index in [1.165, 1.54) is 5.56 Å². The summed E-state index contributed by atoms with van der Waals surface area (Å²) >= 11 is 0. The Labute approximate surface area is 159 Å². The van der Waals surface area contributed by atoms with Gasteiger partial charge in [-0.3, -0.25) is 0 Å². The summed E-state index contributed by atoms with van der Waals surface area (Å²) in [5.41, 5.74) is 9.00. The smallest absolute Gasteiger partial charge is 0.261 e. The zero-order valence-corrected chi connectivity index (χ0v) is 15.5. The molecular formula is C20H22ClN3O2. The van der Waals surface area contributed by atoms with Crippen molar-refractivity contribution in [3.8, 4) is 17.2 Å². The molecule has 0 bridgehead atoms. The van der Waals surface area contributed by atoms with Crippen LogP contribution in [0.3, 0.4) is 0 Å². The maximum atomic E-state index is 6.29. The lowest BCUT2D eigenvalue weighted by molar-refractivity contribution is 0.229. The second-order valence-electron chi connectivity index (χ2n) is 6.64. The Hall–Kier alpha value is -2.37. The molecule has 1 heterocycles. The van der Waals surface area contributed by atoms with E-state index < -0.39 is 5.54 Å². The Morgan fingerprint density at radius 3 is 2.58 bits per heavy atom. The van der Waals surface area contributed by atoms with Gasteiger partial charge in [-0.15, -0.1) is 12.4 Å². The van der Waals surface area contributed by atoms with Crippen molar-refractivity contribution in [1.82, 2.24) is 10.1 Å². The fourth-order valence-corrected chi connectivity index (χ4v) is 3.01. The standard InChI is InChI=1S/C20H21N3O2.ClH/c1-14-7-2-3-8-15(14)13-24-17-10-5-4-9-16(17)18-22-19(23-25-18)20(21)11-6-12-20;/h2-5,7-10H,6,11-13,21H2,1H3;1H. The van der Waals surface area contributed by atoms with Crippen molar-refractivity contribution in [2.45, 2.75) is 38.3 Å². The second-order valence-corrected chi connectivity index (χ2v) is 6.64. The topological polar surface area (TPSA) is 74.2 Å². The SMILES string of the molecule is Cc1ccccc1COc1ccccc1-c1nc(C2(N)CCC2)no1.Cl. The highest BCUT2D eigenvalue weighted by Gasteiger charge is 2.39. The molecule has 0 amide bonds. The number of halogens is 1. The van der Waals surface area contributed by atoms with Crippen LogP contribution >= 0.6 is 12.4 Å². The summed E-state index contributed by atoms with van der Waals surface area (Å²) in [6.45, 7) is 2.57. The average Bonchev–Trinajstić information content (AvgIpc) is 3.09. The third-order valence-corrected chi connectivity index (χ3v) is 4.88. The molecule has 1 saturated carbocycles. The molecule has 0 radical (unpaired) electrons. The molecule has 0 saturated heterocycles. The summed E-state index contributed by atoms with van der Waals surface area (Å²) in [7, 11) is 0. The minimum absolute atomic E-state index is 0. The second kappa shape index (κ2) is 7.48. The normalized spacial score (nSPS) is 15.0. The maximum absolute atomic E-state index is 6.29. The number of nitrogens with two attached hydrogens (primary N) is 1. The van der Waals surface area contributed by atoms with Crippen molar-refractivity contribution in [3.05, 3.63) is 65.5 Å². The molecular weight excluding hydrogens is 350 g/mol. The number of hydrogen-bond acceptors (Lipinski definition) is 5. The number of aromatic nitrogens is 2. The van der Waals surface area contributed by atoms with Crippen LogP contribution in [0, 0.1) is 6.92 Å². The minimum atomic E-state index is -0.432. The molecule has 1 fully saturated rings. The third-order valence-electron chi connectivity index (χ3n) is 4.88. The highest BCUT2D eigenvalue weighted by molar-refractivity contribution is 5.85. The van der Waals surface area contributed by atoms with Gasteiger partial charge in [-0.05, 0) is 49.4 Å². The Bertz CT molecular complexity index is 890. The average molecular weight is 372 g/mol. The van der Waals surface area contributed by atoms with Crippen LogP contribution in [0.4, 0.5) is 0 Å². The maximum Gasteiger partial charge on any atom is 0.261 e. The first-order valence-electron chi connectivity index (χ1n) is 8.55. The summed E-state index contributed by atoms with van der Waals surface area (Å²) < 4.78 is 11.5. The van der Waals surface area contributed by atoms with Crippen LogP contribution in [0.5, 0.6) is 5.75 Å². The lowest BCUT2D eigenvalue weighted by Crippen LogP contribution is -2.44. The van der Waals surface area contributed by atoms with Gasteiger partial charge in [0.15, 0.2) is 5.82 Å². The van der Waals surface area contributed by atoms with Gasteiger partial charge in [0.05, 0.1) is 11.1 Å². The molecule has 0 unspecified atom stereocenters. The first-order chi connectivity index (χ1) is 12.2. The van der Waals surface area contributed by atoms with Crippen molar-refractivity contribution in [1.29, 1.82) is 0 Å². The molecule has 1 aromatic heterocycles. The van der Waals surface area contributed by atoms with Crippen LogP contribution in [0.25, 0.3) is 11.5 Å². The van der Waals surface area contributed by atoms with E-state index in [1.54, 1.807) is 0 Å². The van der Waals surface area contributed by atoms with Crippen molar-refractivity contribution in [2.24, 2.45) is 5.73 Å². The predicted molar refractivity (Wildman–Crippen MR) is 102 cm³/mol. The predicted octanol–water partition coefficient (Wildman–Crippen LogP) is 4.38. The van der Waals surface area contributed by atoms with Gasteiger partial charge in [-0.1, -0.05) is 41.6 Å². The fourth-order valence-electron chi connectivity index (χ4n) is 3.01. The summed E-state index contributed by atoms with van der Waals surface area (Å²) in [5.74, 6) is 1.76. The number of ether oxygens (including phenoxy) is 1. The molecule has 1 aliphatic rings. The van der Waals surface area contributed by atoms with Crippen molar-refractivity contribution < 1.29 is 9.26 Å². The summed E-state index contributed by atoms with van der Waals surface area (Å²) in [6.07, 6.45) is 2.91. The lowest BCUT2D eigenvalue weighted by Gasteiger charge is -2.34. The molecule has 4 rings (SSSR count). The summed E-state index contributed by atoms with van der Waals surface area (Å²) in [4.78, 5) is 4.52. The minimum Gasteiger partial charge on any atom is -0.488 e. The number of nitrogens with zero attached hydrogens (tertiary/aromatic N) is 2. The molecule has 3 aromatic rings. The van der Waals surface area contributed by atoms with Crippen LogP contribution in [0.1, 0.15) is 36.2 Å². The van der Waals surface area contributed by atoms with Crippen molar-refractivity contribution in [2.75, 3.05) is 0 Å². The Morgan fingerprint density at radius 1 is 1.12 bits per heavy atom. The zero-order chi connectivity index (χ0) is 17.3. The van der Waals surface area contributed by atoms with Gasteiger partial charge in [-0.2, -0.15) is 4.98 Å². The van der Waals surface area contributed by atoms with E-state index in [9.17, 15) is 0 Å². The third kappa shape index (κ3) is 3.45. The lowest BCUT2D eigenvalue weighted by atomic mass is 9.77. The van der Waals surface area contributed by atoms with Gasteiger partial charge in [-0.25, -0.2) is 0 Å². The van der Waals surface area contributed by atoms with Gasteiger partial charge in [0.2, 0.25) is 0 Å². The van der Waals surface area contributed by atoms with E-state index in [0.717, 1.165) is 36.1 Å². The first-order valence-corrected chi connectivity index (χ1v) is 8.55.